The van der Waals surface area contributed by atoms with E-state index in [4.69, 9.17) is 5.73 Å². The van der Waals surface area contributed by atoms with E-state index in [0.29, 0.717) is 6.54 Å². The molecule has 0 saturated carbocycles. The van der Waals surface area contributed by atoms with Crippen molar-refractivity contribution in [2.75, 3.05) is 0 Å². The molecule has 0 fully saturated rings. The largest absolute Gasteiger partial charge is 0.326 e. The van der Waals surface area contributed by atoms with Crippen LogP contribution >= 0.6 is 0 Å². The maximum atomic E-state index is 5.66. The van der Waals surface area contributed by atoms with Gasteiger partial charge >= 0.3 is 0 Å². The molecule has 0 bridgehead atoms. The summed E-state index contributed by atoms with van der Waals surface area (Å²) in [7, 11) is 0. The van der Waals surface area contributed by atoms with Gasteiger partial charge in [-0.2, -0.15) is 0 Å². The molecular weight excluding hydrogens is 234 g/mol. The molecule has 0 atom stereocenters. The van der Waals surface area contributed by atoms with Crippen molar-refractivity contribution < 1.29 is 0 Å². The van der Waals surface area contributed by atoms with E-state index in [1.807, 2.05) is 6.20 Å². The highest BCUT2D eigenvalue weighted by Crippen LogP contribution is 2.15. The Morgan fingerprint density at radius 2 is 2.05 bits per heavy atom. The molecule has 2 N–H and O–H groups in total. The van der Waals surface area contributed by atoms with Crippen LogP contribution in [0.4, 0.5) is 0 Å². The molecule has 0 aliphatic carbocycles. The average Bonchev–Trinajstić information content (AvgIpc) is 2.83. The van der Waals surface area contributed by atoms with E-state index in [-0.39, 0.29) is 0 Å². The van der Waals surface area contributed by atoms with Crippen LogP contribution in [0.3, 0.4) is 0 Å². The fraction of sp³-hybridized carbons (Fsp3) is 0.188. The first-order chi connectivity index (χ1) is 9.28. The van der Waals surface area contributed by atoms with Gasteiger partial charge in [-0.15, -0.1) is 0 Å². The smallest absolute Gasteiger partial charge is 0.117 e. The van der Waals surface area contributed by atoms with E-state index in [0.717, 1.165) is 23.3 Å². The number of pyridine rings is 1. The maximum absolute atomic E-state index is 5.66. The summed E-state index contributed by atoms with van der Waals surface area (Å²) < 4.78 is 2.13. The van der Waals surface area contributed by atoms with Gasteiger partial charge in [0.05, 0.1) is 11.7 Å². The fourth-order valence-corrected chi connectivity index (χ4v) is 2.34. The lowest BCUT2D eigenvalue weighted by Gasteiger charge is -2.05. The monoisotopic (exact) mass is 251 g/mol. The number of fused-ring (bicyclic) bond motifs is 1. The van der Waals surface area contributed by atoms with Crippen LogP contribution in [0.25, 0.3) is 5.52 Å². The Bertz CT molecular complexity index is 713. The number of hydrogen-bond donors (Lipinski definition) is 1. The lowest BCUT2D eigenvalue weighted by Crippen LogP contribution is -2.00. The van der Waals surface area contributed by atoms with E-state index < -0.39 is 0 Å². The third-order valence-electron chi connectivity index (χ3n) is 3.52. The Morgan fingerprint density at radius 1 is 1.21 bits per heavy atom. The molecule has 1 aromatic carbocycles. The first kappa shape index (κ1) is 11.9. The minimum absolute atomic E-state index is 0.564. The fourth-order valence-electron chi connectivity index (χ4n) is 2.34. The molecule has 0 aliphatic rings. The predicted molar refractivity (Wildman–Crippen MR) is 77.1 cm³/mol. The molecule has 2 heterocycles. The zero-order chi connectivity index (χ0) is 13.2. The zero-order valence-electron chi connectivity index (χ0n) is 11.0. The summed E-state index contributed by atoms with van der Waals surface area (Å²) in [6, 6.07) is 12.6. The second-order valence-electron chi connectivity index (χ2n) is 4.81. The summed E-state index contributed by atoms with van der Waals surface area (Å²) in [5.74, 6) is 1.06. The van der Waals surface area contributed by atoms with Crippen molar-refractivity contribution in [3.8, 4) is 0 Å². The molecule has 3 rings (SSSR count). The van der Waals surface area contributed by atoms with Crippen LogP contribution in [-0.4, -0.2) is 9.38 Å². The quantitative estimate of drug-likeness (QED) is 0.777. The first-order valence-electron chi connectivity index (χ1n) is 6.47. The standard InChI is InChI=1S/C16H17N3/c1-12-4-2-3-5-14(12)9-16-18-11-15-8-13(10-17)6-7-19(15)16/h2-8,11H,9-10,17H2,1H3. The van der Waals surface area contributed by atoms with Gasteiger partial charge in [0, 0.05) is 19.2 Å². The minimum atomic E-state index is 0.564. The summed E-state index contributed by atoms with van der Waals surface area (Å²) in [6.45, 7) is 2.70. The van der Waals surface area contributed by atoms with E-state index in [1.165, 1.54) is 11.1 Å². The van der Waals surface area contributed by atoms with Gasteiger partial charge in [0.25, 0.3) is 0 Å². The van der Waals surface area contributed by atoms with Gasteiger partial charge in [0.1, 0.15) is 5.82 Å². The van der Waals surface area contributed by atoms with E-state index >= 15 is 0 Å². The Balaban J connectivity index is 2.00. The van der Waals surface area contributed by atoms with Crippen LogP contribution in [-0.2, 0) is 13.0 Å². The maximum Gasteiger partial charge on any atom is 0.117 e. The van der Waals surface area contributed by atoms with Gasteiger partial charge in [-0.3, -0.25) is 0 Å². The van der Waals surface area contributed by atoms with Crippen molar-refractivity contribution in [1.29, 1.82) is 0 Å². The second-order valence-corrected chi connectivity index (χ2v) is 4.81. The Kier molecular flexibility index (Phi) is 3.05. The highest BCUT2D eigenvalue weighted by Gasteiger charge is 2.06. The lowest BCUT2D eigenvalue weighted by molar-refractivity contribution is 0.947. The summed E-state index contributed by atoms with van der Waals surface area (Å²) in [5.41, 5.74) is 10.5. The van der Waals surface area contributed by atoms with E-state index in [9.17, 15) is 0 Å². The topological polar surface area (TPSA) is 43.3 Å². The lowest BCUT2D eigenvalue weighted by atomic mass is 10.1. The van der Waals surface area contributed by atoms with Gasteiger partial charge in [-0.05, 0) is 35.7 Å². The van der Waals surface area contributed by atoms with Crippen LogP contribution in [0.1, 0.15) is 22.5 Å². The predicted octanol–water partition coefficient (Wildman–Crippen LogP) is 2.69. The van der Waals surface area contributed by atoms with E-state index in [1.54, 1.807) is 0 Å². The van der Waals surface area contributed by atoms with Crippen molar-refractivity contribution in [1.82, 2.24) is 9.38 Å². The van der Waals surface area contributed by atoms with Gasteiger partial charge < -0.3 is 10.1 Å². The SMILES string of the molecule is Cc1ccccc1Cc1ncc2cc(CN)ccn12. The number of nitrogens with two attached hydrogens (primary N) is 1. The van der Waals surface area contributed by atoms with Gasteiger partial charge in [0.2, 0.25) is 0 Å². The van der Waals surface area contributed by atoms with Crippen molar-refractivity contribution in [3.63, 3.8) is 0 Å². The van der Waals surface area contributed by atoms with Crippen LogP contribution in [0.2, 0.25) is 0 Å². The Morgan fingerprint density at radius 3 is 2.84 bits per heavy atom. The zero-order valence-corrected chi connectivity index (χ0v) is 11.0. The third kappa shape index (κ3) is 2.25. The van der Waals surface area contributed by atoms with Crippen LogP contribution in [0.15, 0.2) is 48.8 Å². The van der Waals surface area contributed by atoms with Gasteiger partial charge in [-0.25, -0.2) is 4.98 Å². The molecule has 0 spiro atoms. The minimum Gasteiger partial charge on any atom is -0.326 e. The van der Waals surface area contributed by atoms with Crippen molar-refractivity contribution >= 4 is 5.52 Å². The molecule has 0 amide bonds. The molecule has 0 radical (unpaired) electrons. The summed E-state index contributed by atoms with van der Waals surface area (Å²) in [4.78, 5) is 4.53. The summed E-state index contributed by atoms with van der Waals surface area (Å²) in [6.07, 6.45) is 4.81. The third-order valence-corrected chi connectivity index (χ3v) is 3.52. The molecule has 0 saturated heterocycles. The average molecular weight is 251 g/mol. The number of imidazole rings is 1. The molecule has 3 nitrogen and oxygen atoms in total. The molecule has 19 heavy (non-hydrogen) atoms. The number of benzene rings is 1. The number of rotatable bonds is 3. The van der Waals surface area contributed by atoms with Crippen molar-refractivity contribution in [3.05, 3.63) is 71.3 Å². The number of aromatic nitrogens is 2. The molecule has 0 unspecified atom stereocenters. The summed E-state index contributed by atoms with van der Waals surface area (Å²) in [5, 5.41) is 0. The van der Waals surface area contributed by atoms with E-state index in [2.05, 4.69) is 58.9 Å². The molecule has 2 aromatic heterocycles. The molecule has 0 aliphatic heterocycles. The first-order valence-corrected chi connectivity index (χ1v) is 6.47. The van der Waals surface area contributed by atoms with Crippen LogP contribution in [0.5, 0.6) is 0 Å². The second kappa shape index (κ2) is 4.86. The Labute approximate surface area is 112 Å². The van der Waals surface area contributed by atoms with Gasteiger partial charge in [-0.1, -0.05) is 24.3 Å². The van der Waals surface area contributed by atoms with Gasteiger partial charge in [0.15, 0.2) is 0 Å². The number of nitrogens with zero attached hydrogens (tertiary/aromatic N) is 2. The Hall–Kier alpha value is -2.13. The number of hydrogen-bond acceptors (Lipinski definition) is 2. The van der Waals surface area contributed by atoms with Crippen LogP contribution < -0.4 is 5.73 Å². The number of aryl methyl sites for hydroxylation is 1. The summed E-state index contributed by atoms with van der Waals surface area (Å²) >= 11 is 0. The normalized spacial score (nSPS) is 11.1. The molecule has 3 heteroatoms. The molecular formula is C16H17N3. The van der Waals surface area contributed by atoms with Crippen LogP contribution in [0, 0.1) is 6.92 Å². The highest BCUT2D eigenvalue weighted by molar-refractivity contribution is 5.49. The molecule has 3 aromatic rings. The van der Waals surface area contributed by atoms with Crippen molar-refractivity contribution in [2.45, 2.75) is 19.9 Å². The molecule has 96 valence electrons. The van der Waals surface area contributed by atoms with Crippen molar-refractivity contribution in [2.24, 2.45) is 5.73 Å². The highest BCUT2D eigenvalue weighted by atomic mass is 15.0.